The Labute approximate surface area is 204 Å². The lowest BCUT2D eigenvalue weighted by molar-refractivity contribution is -0.116. The molecule has 3 aromatic heterocycles. The van der Waals surface area contributed by atoms with E-state index in [0.29, 0.717) is 39.2 Å². The van der Waals surface area contributed by atoms with Crippen LogP contribution in [0.25, 0.3) is 21.9 Å². The Bertz CT molecular complexity index is 1650. The van der Waals surface area contributed by atoms with Crippen LogP contribution in [0.4, 0.5) is 5.69 Å². The van der Waals surface area contributed by atoms with Crippen LogP contribution in [-0.4, -0.2) is 37.3 Å². The van der Waals surface area contributed by atoms with Gasteiger partial charge in [-0.05, 0) is 44.2 Å². The van der Waals surface area contributed by atoms with Gasteiger partial charge < -0.3 is 19.1 Å². The molecule has 0 bridgehead atoms. The number of hydrogen-bond donors (Lipinski definition) is 1. The zero-order valence-electron chi connectivity index (χ0n) is 19.2. The number of nitrogens with one attached hydrogen (secondary N) is 1. The van der Waals surface area contributed by atoms with Crippen molar-refractivity contribution in [2.24, 2.45) is 0 Å². The highest BCUT2D eigenvalue weighted by Crippen LogP contribution is 2.28. The fraction of sp³-hybridized carbons (Fsp3) is 0.208. The minimum Gasteiger partial charge on any atom is -0.495 e. The van der Waals surface area contributed by atoms with Crippen LogP contribution < -0.4 is 15.6 Å². The number of ether oxygens (including phenoxy) is 1. The van der Waals surface area contributed by atoms with Crippen molar-refractivity contribution in [1.82, 2.24) is 24.3 Å². The Balaban J connectivity index is 1.57. The summed E-state index contributed by atoms with van der Waals surface area (Å²) in [5.74, 6) is 0.943. The number of aryl methyl sites for hydroxylation is 2. The van der Waals surface area contributed by atoms with E-state index in [4.69, 9.17) is 20.9 Å². The van der Waals surface area contributed by atoms with E-state index in [1.807, 2.05) is 25.1 Å². The Hall–Kier alpha value is -4.18. The number of halogens is 1. The van der Waals surface area contributed by atoms with Crippen molar-refractivity contribution in [3.63, 3.8) is 0 Å². The first-order valence-electron chi connectivity index (χ1n) is 10.7. The third kappa shape index (κ3) is 4.24. The molecule has 1 N–H and O–H groups in total. The molecule has 0 aliphatic heterocycles. The second-order valence-electron chi connectivity index (χ2n) is 8.11. The number of hydrogen-bond acceptors (Lipinski definition) is 7. The van der Waals surface area contributed by atoms with Gasteiger partial charge in [-0.3, -0.25) is 14.2 Å². The van der Waals surface area contributed by atoms with Gasteiger partial charge in [-0.1, -0.05) is 28.4 Å². The Morgan fingerprint density at radius 3 is 2.74 bits per heavy atom. The summed E-state index contributed by atoms with van der Waals surface area (Å²) in [6, 6.07) is 10.7. The topological polar surface area (TPSA) is 117 Å². The highest BCUT2D eigenvalue weighted by Gasteiger charge is 2.19. The van der Waals surface area contributed by atoms with Crippen LogP contribution in [0, 0.1) is 13.8 Å². The van der Waals surface area contributed by atoms with E-state index in [1.54, 1.807) is 29.7 Å². The quantitative estimate of drug-likeness (QED) is 0.384. The van der Waals surface area contributed by atoms with Crippen molar-refractivity contribution >= 4 is 45.1 Å². The average molecular weight is 493 g/mol. The maximum atomic E-state index is 13.5. The van der Waals surface area contributed by atoms with Crippen LogP contribution in [0.3, 0.4) is 0 Å². The highest BCUT2D eigenvalue weighted by molar-refractivity contribution is 6.32. The van der Waals surface area contributed by atoms with Gasteiger partial charge in [0.1, 0.15) is 29.9 Å². The van der Waals surface area contributed by atoms with E-state index >= 15 is 0 Å². The minimum atomic E-state index is -0.326. The van der Waals surface area contributed by atoms with Crippen molar-refractivity contribution in [2.45, 2.75) is 26.9 Å². The molecule has 0 aliphatic carbocycles. The zero-order chi connectivity index (χ0) is 24.7. The van der Waals surface area contributed by atoms with Crippen molar-refractivity contribution in [1.29, 1.82) is 0 Å². The summed E-state index contributed by atoms with van der Waals surface area (Å²) in [6.45, 7) is 3.63. The van der Waals surface area contributed by atoms with Crippen LogP contribution in [0.5, 0.6) is 5.75 Å². The van der Waals surface area contributed by atoms with Gasteiger partial charge in [0.2, 0.25) is 11.8 Å². The van der Waals surface area contributed by atoms with Crippen molar-refractivity contribution in [3.05, 3.63) is 75.4 Å². The molecule has 5 aromatic rings. The molecule has 0 aliphatic rings. The largest absolute Gasteiger partial charge is 0.495 e. The van der Waals surface area contributed by atoms with Gasteiger partial charge >= 0.3 is 0 Å². The second kappa shape index (κ2) is 8.88. The lowest BCUT2D eigenvalue weighted by Crippen LogP contribution is -2.25. The summed E-state index contributed by atoms with van der Waals surface area (Å²) in [4.78, 5) is 35.2. The molecule has 0 unspecified atom stereocenters. The molecule has 10 nitrogen and oxygen atoms in total. The fourth-order valence-electron chi connectivity index (χ4n) is 4.03. The number of anilines is 1. The van der Waals surface area contributed by atoms with Gasteiger partial charge in [-0.25, -0.2) is 4.98 Å². The number of amides is 1. The molecule has 0 spiro atoms. The first-order chi connectivity index (χ1) is 16.8. The third-order valence-electron chi connectivity index (χ3n) is 5.59. The Morgan fingerprint density at radius 1 is 1.20 bits per heavy atom. The molecule has 0 saturated carbocycles. The monoisotopic (exact) mass is 492 g/mol. The van der Waals surface area contributed by atoms with Crippen LogP contribution in [0.2, 0.25) is 5.02 Å². The summed E-state index contributed by atoms with van der Waals surface area (Å²) in [5.41, 5.74) is 2.77. The molecule has 3 heterocycles. The lowest BCUT2D eigenvalue weighted by atomic mass is 10.1. The van der Waals surface area contributed by atoms with E-state index in [0.717, 1.165) is 16.5 Å². The van der Waals surface area contributed by atoms with Crippen molar-refractivity contribution in [3.8, 4) is 5.75 Å². The summed E-state index contributed by atoms with van der Waals surface area (Å²) in [6.07, 6.45) is 1.45. The molecule has 2 aromatic carbocycles. The summed E-state index contributed by atoms with van der Waals surface area (Å²) >= 11 is 6.18. The number of fused-ring (bicyclic) bond motifs is 3. The normalized spacial score (nSPS) is 11.3. The van der Waals surface area contributed by atoms with Gasteiger partial charge in [0.25, 0.3) is 5.56 Å². The van der Waals surface area contributed by atoms with E-state index in [9.17, 15) is 9.59 Å². The molecule has 0 atom stereocenters. The predicted molar refractivity (Wildman–Crippen MR) is 131 cm³/mol. The Morgan fingerprint density at radius 2 is 2.03 bits per heavy atom. The molecule has 0 radical (unpaired) electrons. The molecule has 178 valence electrons. The number of carbonyl (C=O) groups excluding carboxylic acids is 1. The molecular weight excluding hydrogens is 472 g/mol. The molecule has 0 fully saturated rings. The zero-order valence-corrected chi connectivity index (χ0v) is 20.0. The standard InChI is InChI=1S/C24H21ClN6O4/c1-13-4-6-18-16(8-13)22-23(24(33)30(12-26-22)11-21-27-14(2)29-35-21)31(18)10-20(32)28-15-5-7-19(34-3)17(25)9-15/h4-9,12H,10-11H2,1-3H3,(H,28,32). The van der Waals surface area contributed by atoms with Gasteiger partial charge in [-0.2, -0.15) is 4.98 Å². The van der Waals surface area contributed by atoms with E-state index in [-0.39, 0.29) is 24.6 Å². The number of aromatic nitrogens is 5. The van der Waals surface area contributed by atoms with E-state index in [2.05, 4.69) is 20.4 Å². The SMILES string of the molecule is COc1ccc(NC(=O)Cn2c3ccc(C)cc3c3ncn(Cc4nc(C)no4)c(=O)c32)cc1Cl. The van der Waals surface area contributed by atoms with Crippen molar-refractivity contribution < 1.29 is 14.1 Å². The van der Waals surface area contributed by atoms with Gasteiger partial charge in [0.05, 0.1) is 24.0 Å². The molecule has 11 heteroatoms. The van der Waals surface area contributed by atoms with E-state index in [1.165, 1.54) is 18.0 Å². The number of benzene rings is 2. The van der Waals surface area contributed by atoms with E-state index < -0.39 is 0 Å². The molecule has 0 saturated heterocycles. The number of methoxy groups -OCH3 is 1. The lowest BCUT2D eigenvalue weighted by Gasteiger charge is -2.10. The summed E-state index contributed by atoms with van der Waals surface area (Å²) < 4.78 is 13.4. The third-order valence-corrected chi connectivity index (χ3v) is 5.89. The van der Waals surface area contributed by atoms with Gasteiger partial charge in [0.15, 0.2) is 5.82 Å². The minimum absolute atomic E-state index is 0.0692. The van der Waals surface area contributed by atoms with Crippen LogP contribution in [0.15, 0.2) is 52.0 Å². The number of carbonyl (C=O) groups is 1. The first kappa shape index (κ1) is 22.6. The molecule has 5 rings (SSSR count). The van der Waals surface area contributed by atoms with Crippen LogP contribution in [-0.2, 0) is 17.9 Å². The van der Waals surface area contributed by atoms with Gasteiger partial charge in [-0.15, -0.1) is 0 Å². The fourth-order valence-corrected chi connectivity index (χ4v) is 4.29. The highest BCUT2D eigenvalue weighted by atomic mass is 35.5. The maximum Gasteiger partial charge on any atom is 0.278 e. The average Bonchev–Trinajstić information content (AvgIpc) is 3.36. The number of nitrogens with zero attached hydrogens (tertiary/aromatic N) is 5. The second-order valence-corrected chi connectivity index (χ2v) is 8.52. The van der Waals surface area contributed by atoms with Crippen LogP contribution >= 0.6 is 11.6 Å². The predicted octanol–water partition coefficient (Wildman–Crippen LogP) is 3.70. The first-order valence-corrected chi connectivity index (χ1v) is 11.1. The smallest absolute Gasteiger partial charge is 0.278 e. The molecular formula is C24H21ClN6O4. The Kier molecular flexibility index (Phi) is 5.73. The van der Waals surface area contributed by atoms with Gasteiger partial charge in [0, 0.05) is 11.1 Å². The molecule has 1 amide bonds. The maximum absolute atomic E-state index is 13.5. The van der Waals surface area contributed by atoms with Crippen molar-refractivity contribution in [2.75, 3.05) is 12.4 Å². The summed E-state index contributed by atoms with van der Waals surface area (Å²) in [5, 5.41) is 7.76. The number of rotatable bonds is 6. The summed E-state index contributed by atoms with van der Waals surface area (Å²) in [7, 11) is 1.52. The molecule has 35 heavy (non-hydrogen) atoms. The van der Waals surface area contributed by atoms with Crippen LogP contribution in [0.1, 0.15) is 17.3 Å².